The number of halogens is 1. The van der Waals surface area contributed by atoms with Gasteiger partial charge in [0.25, 0.3) is 5.91 Å². The summed E-state index contributed by atoms with van der Waals surface area (Å²) in [6, 6.07) is 13.4. The molecule has 1 atom stereocenters. The maximum atomic E-state index is 12.1. The first-order valence-electron chi connectivity index (χ1n) is 6.43. The Morgan fingerprint density at radius 3 is 2.05 bits per heavy atom. The molecule has 0 saturated carbocycles. The second-order valence-electron chi connectivity index (χ2n) is 4.69. The van der Waals surface area contributed by atoms with Gasteiger partial charge in [0.15, 0.2) is 0 Å². The molecule has 0 spiro atoms. The zero-order chi connectivity index (χ0) is 15.4. The maximum absolute atomic E-state index is 12.1. The fourth-order valence-corrected chi connectivity index (χ4v) is 2.03. The SMILES string of the molecule is CC(NC(=O)c1ccc(C(N)=O)cc1)c1ccc(Cl)cc1. The standard InChI is InChI=1S/C16H15ClN2O2/c1-10(11-6-8-14(17)9-7-11)19-16(21)13-4-2-12(3-5-13)15(18)20/h2-10H,1H3,(H2,18,20)(H,19,21). The molecule has 0 radical (unpaired) electrons. The molecule has 2 rings (SSSR count). The highest BCUT2D eigenvalue weighted by atomic mass is 35.5. The van der Waals surface area contributed by atoms with Gasteiger partial charge in [-0.05, 0) is 48.9 Å². The Hall–Kier alpha value is -2.33. The van der Waals surface area contributed by atoms with Crippen LogP contribution in [0, 0.1) is 0 Å². The lowest BCUT2D eigenvalue weighted by Gasteiger charge is -2.14. The zero-order valence-electron chi connectivity index (χ0n) is 11.5. The molecule has 2 aromatic rings. The summed E-state index contributed by atoms with van der Waals surface area (Å²) in [6.45, 7) is 1.89. The van der Waals surface area contributed by atoms with E-state index in [0.717, 1.165) is 5.56 Å². The van der Waals surface area contributed by atoms with Crippen LogP contribution in [0.3, 0.4) is 0 Å². The molecule has 4 nitrogen and oxygen atoms in total. The van der Waals surface area contributed by atoms with Gasteiger partial charge in [-0.15, -0.1) is 0 Å². The van der Waals surface area contributed by atoms with Crippen LogP contribution in [0.2, 0.25) is 5.02 Å². The van der Waals surface area contributed by atoms with E-state index in [9.17, 15) is 9.59 Å². The van der Waals surface area contributed by atoms with Crippen LogP contribution in [-0.2, 0) is 0 Å². The number of amides is 2. The van der Waals surface area contributed by atoms with Crippen molar-refractivity contribution >= 4 is 23.4 Å². The van der Waals surface area contributed by atoms with E-state index in [4.69, 9.17) is 17.3 Å². The van der Waals surface area contributed by atoms with Crippen molar-refractivity contribution in [3.05, 3.63) is 70.2 Å². The van der Waals surface area contributed by atoms with E-state index in [2.05, 4.69) is 5.32 Å². The molecule has 0 aliphatic heterocycles. The third-order valence-corrected chi connectivity index (χ3v) is 3.40. The number of hydrogen-bond acceptors (Lipinski definition) is 2. The van der Waals surface area contributed by atoms with E-state index in [0.29, 0.717) is 16.1 Å². The fourth-order valence-electron chi connectivity index (χ4n) is 1.90. The van der Waals surface area contributed by atoms with Gasteiger partial charge in [-0.3, -0.25) is 9.59 Å². The van der Waals surface area contributed by atoms with Crippen molar-refractivity contribution in [2.24, 2.45) is 5.73 Å². The van der Waals surface area contributed by atoms with Crippen molar-refractivity contribution in [1.82, 2.24) is 5.32 Å². The largest absolute Gasteiger partial charge is 0.366 e. The van der Waals surface area contributed by atoms with E-state index in [1.165, 1.54) is 12.1 Å². The average molecular weight is 303 g/mol. The lowest BCUT2D eigenvalue weighted by molar-refractivity contribution is 0.0937. The molecule has 108 valence electrons. The van der Waals surface area contributed by atoms with Crippen LogP contribution < -0.4 is 11.1 Å². The molecule has 21 heavy (non-hydrogen) atoms. The number of primary amides is 1. The van der Waals surface area contributed by atoms with E-state index in [1.54, 1.807) is 24.3 Å². The zero-order valence-corrected chi connectivity index (χ0v) is 12.2. The lowest BCUT2D eigenvalue weighted by Crippen LogP contribution is -2.26. The van der Waals surface area contributed by atoms with E-state index >= 15 is 0 Å². The van der Waals surface area contributed by atoms with Crippen molar-refractivity contribution in [2.45, 2.75) is 13.0 Å². The molecule has 0 aromatic heterocycles. The molecule has 5 heteroatoms. The van der Waals surface area contributed by atoms with Gasteiger partial charge in [0.2, 0.25) is 5.91 Å². The van der Waals surface area contributed by atoms with Crippen molar-refractivity contribution in [3.63, 3.8) is 0 Å². The molecule has 0 bridgehead atoms. The Labute approximate surface area is 127 Å². The number of nitrogens with two attached hydrogens (primary N) is 1. The minimum absolute atomic E-state index is 0.148. The minimum Gasteiger partial charge on any atom is -0.366 e. The summed E-state index contributed by atoms with van der Waals surface area (Å²) >= 11 is 5.83. The van der Waals surface area contributed by atoms with Gasteiger partial charge in [-0.25, -0.2) is 0 Å². The summed E-state index contributed by atoms with van der Waals surface area (Å²) in [7, 11) is 0. The first-order valence-corrected chi connectivity index (χ1v) is 6.81. The summed E-state index contributed by atoms with van der Waals surface area (Å²) in [5.74, 6) is -0.732. The predicted octanol–water partition coefficient (Wildman–Crippen LogP) is 2.93. The van der Waals surface area contributed by atoms with Crippen LogP contribution >= 0.6 is 11.6 Å². The molecular formula is C16H15ClN2O2. The van der Waals surface area contributed by atoms with Crippen LogP contribution in [-0.4, -0.2) is 11.8 Å². The summed E-state index contributed by atoms with van der Waals surface area (Å²) in [5.41, 5.74) is 6.96. The first kappa shape index (κ1) is 15.1. The predicted molar refractivity (Wildman–Crippen MR) is 82.3 cm³/mol. The van der Waals surface area contributed by atoms with E-state index < -0.39 is 5.91 Å². The Kier molecular flexibility index (Phi) is 4.60. The van der Waals surface area contributed by atoms with E-state index in [1.807, 2.05) is 19.1 Å². The van der Waals surface area contributed by atoms with Crippen molar-refractivity contribution in [1.29, 1.82) is 0 Å². The number of benzene rings is 2. The summed E-state index contributed by atoms with van der Waals surface area (Å²) in [6.07, 6.45) is 0. The molecule has 2 aromatic carbocycles. The lowest BCUT2D eigenvalue weighted by atomic mass is 10.1. The van der Waals surface area contributed by atoms with Crippen LogP contribution in [0.15, 0.2) is 48.5 Å². The minimum atomic E-state index is -0.517. The maximum Gasteiger partial charge on any atom is 0.251 e. The van der Waals surface area contributed by atoms with Crippen LogP contribution in [0.5, 0.6) is 0 Å². The molecule has 1 unspecified atom stereocenters. The molecule has 0 saturated heterocycles. The third-order valence-electron chi connectivity index (χ3n) is 3.15. The molecule has 0 heterocycles. The van der Waals surface area contributed by atoms with Crippen molar-refractivity contribution in [2.75, 3.05) is 0 Å². The van der Waals surface area contributed by atoms with Gasteiger partial charge in [0.1, 0.15) is 0 Å². The Morgan fingerprint density at radius 1 is 1.00 bits per heavy atom. The second kappa shape index (κ2) is 6.41. The number of hydrogen-bond donors (Lipinski definition) is 2. The average Bonchev–Trinajstić information content (AvgIpc) is 2.47. The smallest absolute Gasteiger partial charge is 0.251 e. The fraction of sp³-hybridized carbons (Fsp3) is 0.125. The Bertz CT molecular complexity index is 651. The quantitative estimate of drug-likeness (QED) is 0.911. The third kappa shape index (κ3) is 3.83. The highest BCUT2D eigenvalue weighted by Crippen LogP contribution is 2.16. The van der Waals surface area contributed by atoms with Gasteiger partial charge < -0.3 is 11.1 Å². The molecule has 0 aliphatic carbocycles. The Balaban J connectivity index is 2.06. The molecule has 0 fully saturated rings. The highest BCUT2D eigenvalue weighted by Gasteiger charge is 2.12. The topological polar surface area (TPSA) is 72.2 Å². The van der Waals surface area contributed by atoms with Crippen LogP contribution in [0.1, 0.15) is 39.2 Å². The summed E-state index contributed by atoms with van der Waals surface area (Å²) in [5, 5.41) is 3.53. The summed E-state index contributed by atoms with van der Waals surface area (Å²) < 4.78 is 0. The van der Waals surface area contributed by atoms with Crippen LogP contribution in [0.25, 0.3) is 0 Å². The summed E-state index contributed by atoms with van der Waals surface area (Å²) in [4.78, 5) is 23.1. The van der Waals surface area contributed by atoms with Crippen LogP contribution in [0.4, 0.5) is 0 Å². The van der Waals surface area contributed by atoms with Gasteiger partial charge in [0.05, 0.1) is 6.04 Å². The monoisotopic (exact) mass is 302 g/mol. The van der Waals surface area contributed by atoms with E-state index in [-0.39, 0.29) is 11.9 Å². The number of carbonyl (C=O) groups excluding carboxylic acids is 2. The number of rotatable bonds is 4. The van der Waals surface area contributed by atoms with Gasteiger partial charge in [-0.1, -0.05) is 23.7 Å². The second-order valence-corrected chi connectivity index (χ2v) is 5.12. The van der Waals surface area contributed by atoms with Crippen molar-refractivity contribution < 1.29 is 9.59 Å². The normalized spacial score (nSPS) is 11.7. The number of nitrogens with one attached hydrogen (secondary N) is 1. The van der Waals surface area contributed by atoms with Gasteiger partial charge in [-0.2, -0.15) is 0 Å². The molecule has 2 amide bonds. The number of carbonyl (C=O) groups is 2. The first-order chi connectivity index (χ1) is 9.97. The molecule has 0 aliphatic rings. The molecular weight excluding hydrogens is 288 g/mol. The van der Waals surface area contributed by atoms with Gasteiger partial charge in [0, 0.05) is 16.1 Å². The van der Waals surface area contributed by atoms with Gasteiger partial charge >= 0.3 is 0 Å². The molecule has 3 N–H and O–H groups in total. The Morgan fingerprint density at radius 2 is 1.52 bits per heavy atom. The highest BCUT2D eigenvalue weighted by molar-refractivity contribution is 6.30. The van der Waals surface area contributed by atoms with Crippen molar-refractivity contribution in [3.8, 4) is 0 Å².